The number of fused-ring (bicyclic) bond motifs is 1. The summed E-state index contributed by atoms with van der Waals surface area (Å²) < 4.78 is -0.761. The Hall–Kier alpha value is -2.29. The Bertz CT molecular complexity index is 1080. The van der Waals surface area contributed by atoms with Crippen LogP contribution in [0.15, 0.2) is 49.6 Å². The van der Waals surface area contributed by atoms with Crippen molar-refractivity contribution in [3.8, 4) is 0 Å². The largest absolute Gasteiger partial charge is 0.394 e. The first-order valence-electron chi connectivity index (χ1n) is 12.8. The molecule has 3 unspecified atom stereocenters. The maximum absolute atomic E-state index is 14.5. The van der Waals surface area contributed by atoms with Crippen molar-refractivity contribution in [2.75, 3.05) is 31.6 Å². The van der Waals surface area contributed by atoms with Gasteiger partial charge in [0.25, 0.3) is 5.91 Å². The first-order chi connectivity index (χ1) is 17.7. The van der Waals surface area contributed by atoms with Crippen molar-refractivity contribution in [1.82, 2.24) is 9.80 Å². The zero-order valence-electron chi connectivity index (χ0n) is 21.7. The molecule has 7 nitrogen and oxygen atoms in total. The van der Waals surface area contributed by atoms with Gasteiger partial charge in [-0.1, -0.05) is 37.6 Å². The van der Waals surface area contributed by atoms with Crippen LogP contribution in [-0.4, -0.2) is 81.5 Å². The third kappa shape index (κ3) is 4.31. The number of likely N-dealkylation sites (tertiary alicyclic amines) is 1. The van der Waals surface area contributed by atoms with Gasteiger partial charge in [-0.25, -0.2) is 0 Å². The molecule has 3 saturated heterocycles. The van der Waals surface area contributed by atoms with E-state index in [1.54, 1.807) is 69.9 Å². The molecule has 0 saturated carbocycles. The van der Waals surface area contributed by atoms with E-state index >= 15 is 0 Å². The molecule has 1 aromatic rings. The molecule has 3 amide bonds. The van der Waals surface area contributed by atoms with Crippen molar-refractivity contribution in [3.05, 3.63) is 54.6 Å². The number of hydrogen-bond acceptors (Lipinski definition) is 5. The van der Waals surface area contributed by atoms with E-state index in [9.17, 15) is 19.5 Å². The lowest BCUT2D eigenvalue weighted by Crippen LogP contribution is -2.59. The molecule has 3 aliphatic rings. The lowest BCUT2D eigenvalue weighted by Gasteiger charge is -2.42. The van der Waals surface area contributed by atoms with Crippen molar-refractivity contribution in [2.24, 2.45) is 17.8 Å². The van der Waals surface area contributed by atoms with E-state index in [2.05, 4.69) is 20.1 Å². The van der Waals surface area contributed by atoms with Gasteiger partial charge in [0.15, 0.2) is 0 Å². The van der Waals surface area contributed by atoms with E-state index < -0.39 is 28.7 Å². The van der Waals surface area contributed by atoms with Crippen LogP contribution in [-0.2, 0) is 14.4 Å². The molecule has 1 spiro atoms. The second-order valence-corrected chi connectivity index (χ2v) is 12.2. The lowest BCUT2D eigenvalue weighted by atomic mass is 9.65. The fourth-order valence-electron chi connectivity index (χ4n) is 6.59. The second kappa shape index (κ2) is 10.8. The van der Waals surface area contributed by atoms with Crippen LogP contribution in [0.5, 0.6) is 0 Å². The zero-order valence-corrected chi connectivity index (χ0v) is 23.3. The summed E-state index contributed by atoms with van der Waals surface area (Å²) in [5.41, 5.74) is 0.655. The van der Waals surface area contributed by atoms with Crippen LogP contribution in [0.3, 0.4) is 0 Å². The molecule has 3 aliphatic heterocycles. The van der Waals surface area contributed by atoms with Gasteiger partial charge in [-0.2, -0.15) is 0 Å². The van der Waals surface area contributed by atoms with Crippen LogP contribution in [0, 0.1) is 17.8 Å². The Kier molecular flexibility index (Phi) is 8.12. The number of aliphatic hydroxyl groups is 1. The first-order valence-corrected chi connectivity index (χ1v) is 14.1. The summed E-state index contributed by atoms with van der Waals surface area (Å²) in [7, 11) is 1.73. The van der Waals surface area contributed by atoms with Crippen LogP contribution >= 0.6 is 23.4 Å². The molecule has 3 heterocycles. The number of halogens is 1. The summed E-state index contributed by atoms with van der Waals surface area (Å²) in [6.07, 6.45) is 4.58. The summed E-state index contributed by atoms with van der Waals surface area (Å²) >= 11 is 7.74. The third-order valence-corrected chi connectivity index (χ3v) is 10.6. The predicted octanol–water partition coefficient (Wildman–Crippen LogP) is 3.61. The number of anilines is 1. The van der Waals surface area contributed by atoms with Crippen molar-refractivity contribution < 1.29 is 19.5 Å². The smallest absolute Gasteiger partial charge is 0.251 e. The number of hydrogen-bond donors (Lipinski definition) is 1. The summed E-state index contributed by atoms with van der Waals surface area (Å²) in [5.74, 6) is -1.63. The highest BCUT2D eigenvalue weighted by Gasteiger charge is 2.76. The van der Waals surface area contributed by atoms with Crippen molar-refractivity contribution in [3.63, 3.8) is 0 Å². The normalized spacial score (nSPS) is 30.7. The number of aliphatic hydroxyl groups excluding tert-OH is 1. The van der Waals surface area contributed by atoms with Crippen molar-refractivity contribution in [2.45, 2.75) is 48.8 Å². The van der Waals surface area contributed by atoms with E-state index in [4.69, 9.17) is 11.6 Å². The minimum Gasteiger partial charge on any atom is -0.394 e. The van der Waals surface area contributed by atoms with E-state index in [1.165, 1.54) is 0 Å². The average molecular weight is 546 g/mol. The third-order valence-electron chi connectivity index (χ3n) is 8.27. The second-order valence-electron chi connectivity index (χ2n) is 10.3. The number of likely N-dealkylation sites (N-methyl/N-ethyl adjacent to an activating group) is 1. The van der Waals surface area contributed by atoms with Crippen LogP contribution in [0.1, 0.15) is 26.7 Å². The van der Waals surface area contributed by atoms with Crippen LogP contribution in [0.25, 0.3) is 0 Å². The highest BCUT2D eigenvalue weighted by Crippen LogP contribution is 2.69. The fraction of sp³-hybridized carbons (Fsp3) is 0.536. The number of rotatable bonds is 10. The molecule has 1 N–H and O–H groups in total. The number of thioether (sulfide) groups is 1. The molecule has 1 aromatic carbocycles. The number of amides is 3. The van der Waals surface area contributed by atoms with Crippen LogP contribution < -0.4 is 4.90 Å². The molecule has 0 aromatic heterocycles. The summed E-state index contributed by atoms with van der Waals surface area (Å²) in [5, 5.41) is 10.8. The molecule has 7 atom stereocenters. The average Bonchev–Trinajstić information content (AvgIpc) is 3.47. The lowest BCUT2D eigenvalue weighted by molar-refractivity contribution is -0.145. The molecule has 37 heavy (non-hydrogen) atoms. The summed E-state index contributed by atoms with van der Waals surface area (Å²) in [4.78, 5) is 47.3. The number of benzene rings is 1. The molecule has 0 aliphatic carbocycles. The highest BCUT2D eigenvalue weighted by atomic mass is 35.5. The standard InChI is InChI=1S/C28H36ClN3O4S/c1-6-13-30(5)25(34)22-21-15-17(4)28(37-21)23(22)26(35)32(19(8-3)16-33)24(28)27(36)31(14-7-2)20-11-9-18(29)10-12-20/h6-7,9-12,17,19,21-24,33H,1-2,8,13-16H2,3-5H3/t17?,19-,21+,22-,23-,24?,28?/m0/s1. The first kappa shape index (κ1) is 27.7. The Morgan fingerprint density at radius 2 is 1.89 bits per heavy atom. The van der Waals surface area contributed by atoms with Gasteiger partial charge in [-0.3, -0.25) is 14.4 Å². The molecule has 4 rings (SSSR count). The molecule has 2 bridgehead atoms. The van der Waals surface area contributed by atoms with Gasteiger partial charge >= 0.3 is 0 Å². The Labute approximate surface area is 228 Å². The van der Waals surface area contributed by atoms with Crippen LogP contribution in [0.2, 0.25) is 5.02 Å². The molecular weight excluding hydrogens is 510 g/mol. The van der Waals surface area contributed by atoms with E-state index in [1.807, 2.05) is 6.92 Å². The van der Waals surface area contributed by atoms with Gasteiger partial charge in [0.05, 0.1) is 29.2 Å². The molecule has 9 heteroatoms. The Morgan fingerprint density at radius 1 is 1.24 bits per heavy atom. The van der Waals surface area contributed by atoms with Gasteiger partial charge in [0, 0.05) is 36.1 Å². The molecule has 200 valence electrons. The van der Waals surface area contributed by atoms with Crippen LogP contribution in [0.4, 0.5) is 5.69 Å². The highest BCUT2D eigenvalue weighted by molar-refractivity contribution is 8.02. The minimum atomic E-state index is -0.815. The molecule has 0 radical (unpaired) electrons. The van der Waals surface area contributed by atoms with Gasteiger partial charge < -0.3 is 19.8 Å². The van der Waals surface area contributed by atoms with E-state index in [0.29, 0.717) is 23.7 Å². The number of nitrogens with zero attached hydrogens (tertiary/aromatic N) is 3. The Morgan fingerprint density at radius 3 is 2.46 bits per heavy atom. The van der Waals surface area contributed by atoms with E-state index in [0.717, 1.165) is 6.42 Å². The van der Waals surface area contributed by atoms with Crippen molar-refractivity contribution >= 4 is 46.8 Å². The SMILES string of the molecule is C=CCN(C)C(=O)[C@@H]1[C@H]2C(=O)N([C@@H](CC)CO)C(C(=O)N(CC=C)c3ccc(Cl)cc3)C23S[C@@H]1CC3C. The summed E-state index contributed by atoms with van der Waals surface area (Å²) in [6.45, 7) is 12.0. The van der Waals surface area contributed by atoms with Crippen molar-refractivity contribution in [1.29, 1.82) is 0 Å². The molecular formula is C28H36ClN3O4S. The fourth-order valence-corrected chi connectivity index (χ4v) is 9.11. The molecule has 3 fully saturated rings. The quantitative estimate of drug-likeness (QED) is 0.454. The minimum absolute atomic E-state index is 0.0381. The van der Waals surface area contributed by atoms with Gasteiger partial charge in [0.1, 0.15) is 6.04 Å². The van der Waals surface area contributed by atoms with Gasteiger partial charge in [0.2, 0.25) is 11.8 Å². The van der Waals surface area contributed by atoms with Gasteiger partial charge in [-0.15, -0.1) is 24.9 Å². The van der Waals surface area contributed by atoms with E-state index in [-0.39, 0.29) is 42.0 Å². The Balaban J connectivity index is 1.84. The maximum atomic E-state index is 14.5. The monoisotopic (exact) mass is 545 g/mol. The number of carbonyl (C=O) groups excluding carboxylic acids is 3. The topological polar surface area (TPSA) is 81.2 Å². The summed E-state index contributed by atoms with van der Waals surface area (Å²) in [6, 6.07) is 5.68. The maximum Gasteiger partial charge on any atom is 0.251 e. The zero-order chi connectivity index (χ0) is 27.1. The number of carbonyl (C=O) groups is 3. The predicted molar refractivity (Wildman–Crippen MR) is 149 cm³/mol. The van der Waals surface area contributed by atoms with Gasteiger partial charge in [-0.05, 0) is 43.0 Å².